The normalized spacial score (nSPS) is 18.9. The van der Waals surface area contributed by atoms with Gasteiger partial charge in [0, 0.05) is 46.4 Å². The number of amides is 1. The Morgan fingerprint density at radius 3 is 2.59 bits per heavy atom. The molecule has 1 aliphatic heterocycles. The minimum Gasteiger partial charge on any atom is -0.459 e. The van der Waals surface area contributed by atoms with E-state index in [9.17, 15) is 4.79 Å². The Balaban J connectivity index is 1.26. The fourth-order valence-corrected chi connectivity index (χ4v) is 4.10. The molecule has 1 N–H and O–H groups in total. The molecule has 1 amide bonds. The number of unbranched alkanes of at least 4 members (excludes halogenated alkanes) is 2. The number of ether oxygens (including phenoxy) is 1. The fourth-order valence-electron chi connectivity index (χ4n) is 4.10. The van der Waals surface area contributed by atoms with Crippen LogP contribution in [0.3, 0.4) is 0 Å². The molecule has 1 saturated carbocycles. The predicted octanol–water partition coefficient (Wildman–Crippen LogP) is 3.13. The first kappa shape index (κ1) is 21.7. The van der Waals surface area contributed by atoms with Crippen LogP contribution in [0.4, 0.5) is 0 Å². The van der Waals surface area contributed by atoms with Crippen molar-refractivity contribution < 1.29 is 13.9 Å². The van der Waals surface area contributed by atoms with Crippen LogP contribution in [-0.2, 0) is 4.74 Å². The van der Waals surface area contributed by atoms with Crippen molar-refractivity contribution in [3.8, 4) is 0 Å². The summed E-state index contributed by atoms with van der Waals surface area (Å²) in [7, 11) is 1.82. The number of furan rings is 1. The van der Waals surface area contributed by atoms with E-state index in [4.69, 9.17) is 9.15 Å². The van der Waals surface area contributed by atoms with E-state index >= 15 is 0 Å². The van der Waals surface area contributed by atoms with Gasteiger partial charge < -0.3 is 24.3 Å². The maximum Gasteiger partial charge on any atom is 0.289 e. The molecule has 7 nitrogen and oxygen atoms in total. The molecule has 162 valence electrons. The molecule has 0 spiro atoms. The van der Waals surface area contributed by atoms with Gasteiger partial charge >= 0.3 is 0 Å². The van der Waals surface area contributed by atoms with E-state index in [0.29, 0.717) is 25.0 Å². The van der Waals surface area contributed by atoms with E-state index in [1.165, 1.54) is 44.8 Å². The molecule has 0 atom stereocenters. The number of guanidine groups is 1. The van der Waals surface area contributed by atoms with Crippen molar-refractivity contribution >= 4 is 11.9 Å². The summed E-state index contributed by atoms with van der Waals surface area (Å²) in [5.41, 5.74) is 0. The molecule has 0 unspecified atom stereocenters. The van der Waals surface area contributed by atoms with Crippen LogP contribution in [0.1, 0.15) is 61.9 Å². The molecule has 0 bridgehead atoms. The van der Waals surface area contributed by atoms with Gasteiger partial charge in [-0.3, -0.25) is 9.79 Å². The molecule has 0 radical (unpaired) electrons. The molecule has 1 saturated heterocycles. The van der Waals surface area contributed by atoms with Crippen LogP contribution in [0.25, 0.3) is 0 Å². The van der Waals surface area contributed by atoms with Crippen molar-refractivity contribution in [3.05, 3.63) is 24.2 Å². The smallest absolute Gasteiger partial charge is 0.289 e. The second-order valence-electron chi connectivity index (χ2n) is 7.92. The van der Waals surface area contributed by atoms with Crippen LogP contribution in [0, 0.1) is 0 Å². The summed E-state index contributed by atoms with van der Waals surface area (Å²) in [6.07, 6.45) is 12.0. The van der Waals surface area contributed by atoms with E-state index in [2.05, 4.69) is 15.2 Å². The third kappa shape index (κ3) is 6.77. The molecule has 3 rings (SSSR count). The zero-order valence-electron chi connectivity index (χ0n) is 17.8. The van der Waals surface area contributed by atoms with Gasteiger partial charge in [0.25, 0.3) is 5.91 Å². The van der Waals surface area contributed by atoms with E-state index in [0.717, 1.165) is 45.0 Å². The Hall–Kier alpha value is -2.02. The Kier molecular flexibility index (Phi) is 8.86. The second kappa shape index (κ2) is 11.9. The van der Waals surface area contributed by atoms with Gasteiger partial charge in [-0.05, 0) is 44.2 Å². The number of nitrogens with one attached hydrogen (secondary N) is 1. The summed E-state index contributed by atoms with van der Waals surface area (Å²) in [6, 6.07) is 3.47. The van der Waals surface area contributed by atoms with E-state index in [1.807, 2.05) is 11.9 Å². The first-order valence-corrected chi connectivity index (χ1v) is 11.2. The van der Waals surface area contributed by atoms with Gasteiger partial charge in [-0.2, -0.15) is 0 Å². The van der Waals surface area contributed by atoms with Gasteiger partial charge in [-0.25, -0.2) is 0 Å². The number of nitrogens with zero attached hydrogens (tertiary/aromatic N) is 3. The average Bonchev–Trinajstić information content (AvgIpc) is 3.31. The highest BCUT2D eigenvalue weighted by Crippen LogP contribution is 2.20. The Morgan fingerprint density at radius 1 is 1.14 bits per heavy atom. The number of carbonyl (C=O) groups is 1. The van der Waals surface area contributed by atoms with Gasteiger partial charge in [-0.15, -0.1) is 0 Å². The van der Waals surface area contributed by atoms with Crippen molar-refractivity contribution in [2.24, 2.45) is 4.99 Å². The predicted molar refractivity (Wildman–Crippen MR) is 114 cm³/mol. The SMILES string of the molecule is CN=C(NCCCCCOC1CCCCC1)N1CCN(C(=O)c2ccco2)CC1. The summed E-state index contributed by atoms with van der Waals surface area (Å²) in [5, 5.41) is 3.46. The molecular formula is C22H36N4O3. The average molecular weight is 405 g/mol. The minimum atomic E-state index is -0.0342. The van der Waals surface area contributed by atoms with Crippen molar-refractivity contribution in [2.45, 2.75) is 57.5 Å². The highest BCUT2D eigenvalue weighted by Gasteiger charge is 2.25. The highest BCUT2D eigenvalue weighted by molar-refractivity contribution is 5.91. The number of aliphatic imine (C=N–C) groups is 1. The Labute approximate surface area is 174 Å². The molecule has 1 aliphatic carbocycles. The standard InChI is InChI=1S/C22H36N4O3/c1-23-22(24-12-6-3-7-17-28-19-9-4-2-5-10-19)26-15-13-25(14-16-26)21(27)20-11-8-18-29-20/h8,11,18-19H,2-7,9-10,12-17H2,1H3,(H,23,24). The van der Waals surface area contributed by atoms with Crippen LogP contribution in [-0.4, -0.2) is 74.1 Å². The first-order chi connectivity index (χ1) is 14.3. The largest absolute Gasteiger partial charge is 0.459 e. The van der Waals surface area contributed by atoms with E-state index in [-0.39, 0.29) is 5.91 Å². The molecule has 2 fully saturated rings. The molecule has 29 heavy (non-hydrogen) atoms. The molecule has 2 aliphatic rings. The molecule has 2 heterocycles. The van der Waals surface area contributed by atoms with Gasteiger partial charge in [0.1, 0.15) is 0 Å². The van der Waals surface area contributed by atoms with Gasteiger partial charge in [-0.1, -0.05) is 19.3 Å². The summed E-state index contributed by atoms with van der Waals surface area (Å²) < 4.78 is 11.2. The summed E-state index contributed by atoms with van der Waals surface area (Å²) in [6.45, 7) is 4.73. The van der Waals surface area contributed by atoms with Crippen molar-refractivity contribution in [2.75, 3.05) is 46.4 Å². The molecule has 0 aromatic carbocycles. The third-order valence-corrected chi connectivity index (χ3v) is 5.82. The minimum absolute atomic E-state index is 0.0342. The molecule has 1 aromatic rings. The third-order valence-electron chi connectivity index (χ3n) is 5.82. The van der Waals surface area contributed by atoms with Crippen molar-refractivity contribution in [1.29, 1.82) is 0 Å². The van der Waals surface area contributed by atoms with Gasteiger partial charge in [0.15, 0.2) is 11.7 Å². The van der Waals surface area contributed by atoms with Gasteiger partial charge in [0.2, 0.25) is 0 Å². The van der Waals surface area contributed by atoms with Crippen LogP contribution >= 0.6 is 0 Å². The monoisotopic (exact) mass is 404 g/mol. The number of rotatable bonds is 8. The fraction of sp³-hybridized carbons (Fsp3) is 0.727. The lowest BCUT2D eigenvalue weighted by Gasteiger charge is -2.36. The van der Waals surface area contributed by atoms with Crippen LogP contribution < -0.4 is 5.32 Å². The highest BCUT2D eigenvalue weighted by atomic mass is 16.5. The van der Waals surface area contributed by atoms with E-state index < -0.39 is 0 Å². The molecule has 7 heteroatoms. The lowest BCUT2D eigenvalue weighted by Crippen LogP contribution is -2.53. The lowest BCUT2D eigenvalue weighted by molar-refractivity contribution is 0.0263. The van der Waals surface area contributed by atoms with E-state index in [1.54, 1.807) is 12.1 Å². The first-order valence-electron chi connectivity index (χ1n) is 11.2. The van der Waals surface area contributed by atoms with Gasteiger partial charge in [0.05, 0.1) is 12.4 Å². The number of carbonyl (C=O) groups excluding carboxylic acids is 1. The maximum absolute atomic E-state index is 12.4. The zero-order valence-corrected chi connectivity index (χ0v) is 17.8. The summed E-state index contributed by atoms with van der Waals surface area (Å²) in [5.74, 6) is 1.30. The number of piperazine rings is 1. The molecular weight excluding hydrogens is 368 g/mol. The van der Waals surface area contributed by atoms with Crippen molar-refractivity contribution in [1.82, 2.24) is 15.1 Å². The van der Waals surface area contributed by atoms with Crippen LogP contribution in [0.5, 0.6) is 0 Å². The zero-order chi connectivity index (χ0) is 20.3. The Morgan fingerprint density at radius 2 is 1.90 bits per heavy atom. The van der Waals surface area contributed by atoms with Crippen LogP contribution in [0.15, 0.2) is 27.8 Å². The second-order valence-corrected chi connectivity index (χ2v) is 7.92. The number of hydrogen-bond acceptors (Lipinski definition) is 4. The van der Waals surface area contributed by atoms with Crippen molar-refractivity contribution in [3.63, 3.8) is 0 Å². The Bertz CT molecular complexity index is 618. The summed E-state index contributed by atoms with van der Waals surface area (Å²) >= 11 is 0. The lowest BCUT2D eigenvalue weighted by atomic mass is 9.98. The molecule has 1 aromatic heterocycles. The van der Waals surface area contributed by atoms with Crippen LogP contribution in [0.2, 0.25) is 0 Å². The summed E-state index contributed by atoms with van der Waals surface area (Å²) in [4.78, 5) is 20.8. The topological polar surface area (TPSA) is 70.3 Å². The maximum atomic E-state index is 12.4. The number of hydrogen-bond donors (Lipinski definition) is 1. The quantitative estimate of drug-likeness (QED) is 0.409.